The Morgan fingerprint density at radius 3 is 1.66 bits per heavy atom. The molecule has 3 aromatic rings. The molecule has 4 rings (SSSR count). The maximum absolute atomic E-state index is 12.5. The van der Waals surface area contributed by atoms with Gasteiger partial charge in [-0.1, -0.05) is 91.0 Å². The second-order valence-corrected chi connectivity index (χ2v) is 11.3. The van der Waals surface area contributed by atoms with E-state index in [1.165, 1.54) is 25.6 Å². The van der Waals surface area contributed by atoms with Crippen LogP contribution in [0.4, 0.5) is 0 Å². The van der Waals surface area contributed by atoms with Gasteiger partial charge < -0.3 is 23.7 Å². The van der Waals surface area contributed by atoms with Crippen LogP contribution in [0.3, 0.4) is 0 Å². The monoisotopic (exact) mass is 578 g/mol. The highest BCUT2D eigenvalue weighted by Gasteiger charge is 2.49. The van der Waals surface area contributed by atoms with Crippen molar-refractivity contribution >= 4 is 23.3 Å². The van der Waals surface area contributed by atoms with Gasteiger partial charge in [-0.3, -0.25) is 9.59 Å². The molecule has 0 aromatic heterocycles. The van der Waals surface area contributed by atoms with Gasteiger partial charge in [-0.05, 0) is 30.5 Å². The third-order valence-corrected chi connectivity index (χ3v) is 8.56. The molecule has 0 aliphatic carbocycles. The Hall–Kier alpha value is -2.85. The molecule has 0 N–H and O–H groups in total. The van der Waals surface area contributed by atoms with Crippen molar-refractivity contribution in [1.29, 1.82) is 0 Å². The molecule has 41 heavy (non-hydrogen) atoms. The van der Waals surface area contributed by atoms with Crippen LogP contribution in [0.25, 0.3) is 0 Å². The minimum absolute atomic E-state index is 0.228. The lowest BCUT2D eigenvalue weighted by molar-refractivity contribution is -0.268. The highest BCUT2D eigenvalue weighted by molar-refractivity contribution is 8.02. The van der Waals surface area contributed by atoms with Crippen molar-refractivity contribution in [2.24, 2.45) is 0 Å². The van der Waals surface area contributed by atoms with Crippen molar-refractivity contribution in [2.75, 3.05) is 13.7 Å². The third kappa shape index (κ3) is 9.07. The fraction of sp³-hybridized carbons (Fsp3) is 0.394. The van der Waals surface area contributed by atoms with Gasteiger partial charge >= 0.3 is 0 Å². The van der Waals surface area contributed by atoms with Crippen molar-refractivity contribution in [3.63, 3.8) is 0 Å². The van der Waals surface area contributed by atoms with Gasteiger partial charge in [0.1, 0.15) is 35.1 Å². The summed E-state index contributed by atoms with van der Waals surface area (Å²) in [5, 5.41) is -1.39. The van der Waals surface area contributed by atoms with Crippen molar-refractivity contribution in [3.8, 4) is 0 Å². The van der Waals surface area contributed by atoms with Gasteiger partial charge in [0.15, 0.2) is 6.29 Å². The van der Waals surface area contributed by atoms with Crippen LogP contribution in [0.1, 0.15) is 30.5 Å². The molecule has 1 heterocycles. The molecule has 0 unspecified atom stereocenters. The lowest BCUT2D eigenvalue weighted by Crippen LogP contribution is -2.60. The predicted molar refractivity (Wildman–Crippen MR) is 158 cm³/mol. The van der Waals surface area contributed by atoms with Crippen LogP contribution in [0.5, 0.6) is 0 Å². The van der Waals surface area contributed by atoms with E-state index in [1.807, 2.05) is 91.0 Å². The summed E-state index contributed by atoms with van der Waals surface area (Å²) in [7, 11) is 1.55. The predicted octanol–water partition coefficient (Wildman–Crippen LogP) is 5.39. The first-order valence-corrected chi connectivity index (χ1v) is 14.7. The van der Waals surface area contributed by atoms with E-state index in [9.17, 15) is 9.59 Å². The number of benzene rings is 3. The molecule has 8 heteroatoms. The highest BCUT2D eigenvalue weighted by Crippen LogP contribution is 2.37. The second kappa shape index (κ2) is 16.0. The molecule has 1 fully saturated rings. The number of carbonyl (C=O) groups excluding carboxylic acids is 2. The molecule has 0 amide bonds. The standard InChI is InChI=1S/C33H38O7S/c1-23(34)31(24(2)35)41-32-30(39-21-27-17-11-6-12-18-27)29(38-20-26-15-9-5-10-16-26)28(40-33(32)36-3)22-37-19-25-13-7-4-8-14-25/h4-18,28-33H,19-22H2,1-3H3/t28-,29-,30+,32-,33-/m1/s1. The molecule has 1 aliphatic rings. The van der Waals surface area contributed by atoms with Gasteiger partial charge in [-0.2, -0.15) is 0 Å². The fourth-order valence-corrected chi connectivity index (χ4v) is 6.16. The highest BCUT2D eigenvalue weighted by atomic mass is 32.2. The molecule has 5 atom stereocenters. The average Bonchev–Trinajstić information content (AvgIpc) is 2.99. The molecule has 1 aliphatic heterocycles. The molecule has 3 aromatic carbocycles. The van der Waals surface area contributed by atoms with Gasteiger partial charge in [-0.25, -0.2) is 0 Å². The summed E-state index contributed by atoms with van der Waals surface area (Å²) < 4.78 is 31.5. The number of thioether (sulfide) groups is 1. The summed E-state index contributed by atoms with van der Waals surface area (Å²) in [6.07, 6.45) is -2.44. The van der Waals surface area contributed by atoms with Crippen molar-refractivity contribution in [2.45, 2.75) is 68.8 Å². The SMILES string of the molecule is CO[C@@H]1O[C@H](COCc2ccccc2)[C@@H](OCc2ccccc2)[C@H](OCc2ccccc2)[C@H]1SC(C(C)=O)C(C)=O. The van der Waals surface area contributed by atoms with Gasteiger partial charge in [0.25, 0.3) is 0 Å². The molecule has 0 spiro atoms. The number of rotatable bonds is 15. The fourth-order valence-electron chi connectivity index (χ4n) is 4.77. The zero-order valence-electron chi connectivity index (χ0n) is 23.7. The van der Waals surface area contributed by atoms with Crippen LogP contribution >= 0.6 is 11.8 Å². The lowest BCUT2D eigenvalue weighted by Gasteiger charge is -2.46. The minimum Gasteiger partial charge on any atom is -0.374 e. The van der Waals surface area contributed by atoms with Gasteiger partial charge in [0, 0.05) is 7.11 Å². The summed E-state index contributed by atoms with van der Waals surface area (Å²) in [4.78, 5) is 24.9. The van der Waals surface area contributed by atoms with E-state index >= 15 is 0 Å². The van der Waals surface area contributed by atoms with Crippen LogP contribution in [-0.4, -0.2) is 60.4 Å². The zero-order valence-corrected chi connectivity index (χ0v) is 24.5. The largest absolute Gasteiger partial charge is 0.374 e. The smallest absolute Gasteiger partial charge is 0.172 e. The summed E-state index contributed by atoms with van der Waals surface area (Å²) >= 11 is 1.21. The van der Waals surface area contributed by atoms with E-state index in [0.29, 0.717) is 19.8 Å². The normalized spacial score (nSPS) is 22.5. The van der Waals surface area contributed by atoms with E-state index in [0.717, 1.165) is 16.7 Å². The van der Waals surface area contributed by atoms with Crippen LogP contribution in [0.15, 0.2) is 91.0 Å². The van der Waals surface area contributed by atoms with Gasteiger partial charge in [0.05, 0.1) is 31.7 Å². The summed E-state index contributed by atoms with van der Waals surface area (Å²) in [5.74, 6) is -0.455. The number of Topliss-reactive ketones (excluding diaryl/α,β-unsaturated/α-hetero) is 2. The molecule has 7 nitrogen and oxygen atoms in total. The van der Waals surface area contributed by atoms with Gasteiger partial charge in [0.2, 0.25) is 0 Å². The molecule has 218 valence electrons. The molecule has 0 saturated carbocycles. The lowest BCUT2D eigenvalue weighted by atomic mass is 10.00. The Balaban J connectivity index is 1.62. The van der Waals surface area contributed by atoms with Crippen LogP contribution in [0.2, 0.25) is 0 Å². The molecule has 1 saturated heterocycles. The summed E-state index contributed by atoms with van der Waals surface area (Å²) in [6.45, 7) is 4.13. The van der Waals surface area contributed by atoms with E-state index < -0.39 is 35.1 Å². The third-order valence-electron chi connectivity index (χ3n) is 6.82. The van der Waals surface area contributed by atoms with E-state index in [4.69, 9.17) is 23.7 Å². The van der Waals surface area contributed by atoms with E-state index in [1.54, 1.807) is 7.11 Å². The number of ether oxygens (including phenoxy) is 5. The van der Waals surface area contributed by atoms with Crippen molar-refractivity contribution in [3.05, 3.63) is 108 Å². The molecule has 0 radical (unpaired) electrons. The van der Waals surface area contributed by atoms with Crippen LogP contribution in [0, 0.1) is 0 Å². The van der Waals surface area contributed by atoms with Crippen LogP contribution in [-0.2, 0) is 53.1 Å². The van der Waals surface area contributed by atoms with E-state index in [2.05, 4.69) is 0 Å². The number of carbonyl (C=O) groups is 2. The second-order valence-electron chi connectivity index (χ2n) is 10.0. The number of ketones is 2. The zero-order chi connectivity index (χ0) is 29.0. The number of hydrogen-bond acceptors (Lipinski definition) is 8. The summed E-state index contributed by atoms with van der Waals surface area (Å²) in [6, 6.07) is 29.6. The average molecular weight is 579 g/mol. The number of hydrogen-bond donors (Lipinski definition) is 0. The Morgan fingerprint density at radius 2 is 1.20 bits per heavy atom. The van der Waals surface area contributed by atoms with Gasteiger partial charge in [-0.15, -0.1) is 11.8 Å². The molecule has 0 bridgehead atoms. The Kier molecular flexibility index (Phi) is 12.1. The molecular weight excluding hydrogens is 540 g/mol. The Labute approximate surface area is 246 Å². The van der Waals surface area contributed by atoms with Crippen molar-refractivity contribution in [1.82, 2.24) is 0 Å². The van der Waals surface area contributed by atoms with Crippen molar-refractivity contribution < 1.29 is 33.3 Å². The Bertz CT molecular complexity index is 1190. The van der Waals surface area contributed by atoms with E-state index in [-0.39, 0.29) is 18.2 Å². The number of methoxy groups -OCH3 is 1. The maximum atomic E-state index is 12.5. The first kappa shape index (κ1) is 31.1. The molecular formula is C33H38O7S. The summed E-state index contributed by atoms with van der Waals surface area (Å²) in [5.41, 5.74) is 3.04. The Morgan fingerprint density at radius 1 is 0.732 bits per heavy atom. The maximum Gasteiger partial charge on any atom is 0.172 e. The first-order chi connectivity index (χ1) is 20.0. The first-order valence-electron chi connectivity index (χ1n) is 13.7. The minimum atomic E-state index is -0.871. The topological polar surface area (TPSA) is 80.3 Å². The van der Waals surface area contributed by atoms with Crippen LogP contribution < -0.4 is 0 Å². The quantitative estimate of drug-likeness (QED) is 0.222.